The number of sulfonamides is 1. The lowest BCUT2D eigenvalue weighted by atomic mass is 10.2. The number of hydrogen-bond acceptors (Lipinski definition) is 3. The maximum Gasteiger partial charge on any atom is 0.243 e. The van der Waals surface area contributed by atoms with E-state index in [1.165, 1.54) is 4.31 Å². The van der Waals surface area contributed by atoms with Gasteiger partial charge in [-0.25, -0.2) is 12.7 Å². The fourth-order valence-electron chi connectivity index (χ4n) is 2.01. The van der Waals surface area contributed by atoms with Crippen molar-refractivity contribution in [1.29, 1.82) is 0 Å². The van der Waals surface area contributed by atoms with Gasteiger partial charge in [0.25, 0.3) is 0 Å². The van der Waals surface area contributed by atoms with Crippen molar-refractivity contribution in [2.45, 2.75) is 44.6 Å². The highest BCUT2D eigenvalue weighted by Crippen LogP contribution is 2.26. The van der Waals surface area contributed by atoms with Crippen molar-refractivity contribution in [2.75, 3.05) is 20.1 Å². The monoisotopic (exact) mass is 376 g/mol. The summed E-state index contributed by atoms with van der Waals surface area (Å²) in [5, 5.41) is 3.23. The van der Waals surface area contributed by atoms with Crippen molar-refractivity contribution < 1.29 is 8.42 Å². The quantitative estimate of drug-likeness (QED) is 0.672. The van der Waals surface area contributed by atoms with E-state index < -0.39 is 10.0 Å². The highest BCUT2D eigenvalue weighted by molar-refractivity contribution is 9.10. The number of nitrogens with one attached hydrogen (secondary N) is 1. The van der Waals surface area contributed by atoms with Crippen molar-refractivity contribution >= 4 is 26.0 Å². The number of nitrogens with zero attached hydrogens (tertiary/aromatic N) is 1. The highest BCUT2D eigenvalue weighted by atomic mass is 79.9. The molecule has 0 amide bonds. The second-order valence-corrected chi connectivity index (χ2v) is 7.95. The second-order valence-electron chi connectivity index (χ2n) is 5.08. The van der Waals surface area contributed by atoms with Gasteiger partial charge in [-0.1, -0.05) is 32.8 Å². The first-order valence-corrected chi connectivity index (χ1v) is 9.62. The van der Waals surface area contributed by atoms with Gasteiger partial charge in [-0.15, -0.1) is 0 Å². The van der Waals surface area contributed by atoms with Crippen LogP contribution in [0.1, 0.15) is 38.7 Å². The van der Waals surface area contributed by atoms with Gasteiger partial charge in [0.1, 0.15) is 0 Å². The Kier molecular flexibility index (Phi) is 7.87. The van der Waals surface area contributed by atoms with Crippen molar-refractivity contribution in [3.63, 3.8) is 0 Å². The summed E-state index contributed by atoms with van der Waals surface area (Å²) in [6.07, 6.45) is 3.02. The van der Waals surface area contributed by atoms with Crippen LogP contribution in [0.4, 0.5) is 0 Å². The van der Waals surface area contributed by atoms with E-state index in [1.807, 2.05) is 19.1 Å². The van der Waals surface area contributed by atoms with E-state index in [-0.39, 0.29) is 0 Å². The summed E-state index contributed by atoms with van der Waals surface area (Å²) >= 11 is 3.39. The van der Waals surface area contributed by atoms with Crippen molar-refractivity contribution in [3.05, 3.63) is 28.2 Å². The Morgan fingerprint density at radius 1 is 1.24 bits per heavy atom. The molecule has 0 radical (unpaired) electrons. The maximum absolute atomic E-state index is 12.6. The minimum Gasteiger partial charge on any atom is -0.313 e. The first-order valence-electron chi connectivity index (χ1n) is 7.39. The molecule has 1 aromatic rings. The lowest BCUT2D eigenvalue weighted by Gasteiger charge is -2.18. The van der Waals surface area contributed by atoms with E-state index in [2.05, 4.69) is 28.2 Å². The summed E-state index contributed by atoms with van der Waals surface area (Å²) in [7, 11) is -1.78. The van der Waals surface area contributed by atoms with Crippen molar-refractivity contribution in [2.24, 2.45) is 0 Å². The molecule has 0 fully saturated rings. The van der Waals surface area contributed by atoms with Crippen LogP contribution in [0.25, 0.3) is 0 Å². The van der Waals surface area contributed by atoms with Gasteiger partial charge < -0.3 is 5.32 Å². The van der Waals surface area contributed by atoms with Crippen LogP contribution < -0.4 is 5.32 Å². The fraction of sp³-hybridized carbons (Fsp3) is 0.600. The standard InChI is InChI=1S/C15H25BrN2O2S/c1-4-6-7-10-18(3)21(19,20)15-9-8-13(11-14(15)16)12-17-5-2/h8-9,11,17H,4-7,10,12H2,1-3H3. The van der Waals surface area contributed by atoms with Crippen LogP contribution in [0.2, 0.25) is 0 Å². The highest BCUT2D eigenvalue weighted by Gasteiger charge is 2.22. The Labute approximate surface area is 137 Å². The van der Waals surface area contributed by atoms with Crippen LogP contribution >= 0.6 is 15.9 Å². The van der Waals surface area contributed by atoms with Gasteiger partial charge in [-0.2, -0.15) is 0 Å². The third-order valence-corrected chi connectivity index (χ3v) is 6.17. The van der Waals surface area contributed by atoms with E-state index >= 15 is 0 Å². The second kappa shape index (κ2) is 8.88. The van der Waals surface area contributed by atoms with E-state index in [0.717, 1.165) is 37.9 Å². The third-order valence-electron chi connectivity index (χ3n) is 3.34. The lowest BCUT2D eigenvalue weighted by Crippen LogP contribution is -2.28. The molecule has 0 saturated carbocycles. The van der Waals surface area contributed by atoms with Crippen LogP contribution in [0, 0.1) is 0 Å². The average molecular weight is 377 g/mol. The zero-order valence-corrected chi connectivity index (χ0v) is 15.4. The molecule has 1 rings (SSSR count). The molecule has 0 spiro atoms. The number of halogens is 1. The molecule has 0 aliphatic rings. The zero-order chi connectivity index (χ0) is 15.9. The van der Waals surface area contributed by atoms with Crippen molar-refractivity contribution in [3.8, 4) is 0 Å². The van der Waals surface area contributed by atoms with Crippen LogP contribution in [-0.4, -0.2) is 32.9 Å². The summed E-state index contributed by atoms with van der Waals surface area (Å²) in [6.45, 7) is 6.33. The zero-order valence-electron chi connectivity index (χ0n) is 13.0. The molecule has 120 valence electrons. The predicted molar refractivity (Wildman–Crippen MR) is 90.9 cm³/mol. The molecule has 1 N–H and O–H groups in total. The number of rotatable bonds is 9. The molecule has 0 aliphatic carbocycles. The summed E-state index contributed by atoms with van der Waals surface area (Å²) < 4.78 is 27.2. The SMILES string of the molecule is CCCCCN(C)S(=O)(=O)c1ccc(CNCC)cc1Br. The summed E-state index contributed by atoms with van der Waals surface area (Å²) in [5.41, 5.74) is 1.07. The van der Waals surface area contributed by atoms with E-state index in [9.17, 15) is 8.42 Å². The molecule has 0 heterocycles. The Morgan fingerprint density at radius 3 is 2.52 bits per heavy atom. The topological polar surface area (TPSA) is 49.4 Å². The number of benzene rings is 1. The van der Waals surface area contributed by atoms with Gasteiger partial charge in [0, 0.05) is 24.6 Å². The Balaban J connectivity index is 2.87. The molecule has 4 nitrogen and oxygen atoms in total. The van der Waals surface area contributed by atoms with Gasteiger partial charge in [0.05, 0.1) is 4.90 Å². The summed E-state index contributed by atoms with van der Waals surface area (Å²) in [6, 6.07) is 5.41. The predicted octanol–water partition coefficient (Wildman–Crippen LogP) is 3.37. The molecule has 1 aromatic carbocycles. The summed E-state index contributed by atoms with van der Waals surface area (Å²) in [5.74, 6) is 0. The molecule has 0 saturated heterocycles. The summed E-state index contributed by atoms with van der Waals surface area (Å²) in [4.78, 5) is 0.335. The number of hydrogen-bond donors (Lipinski definition) is 1. The normalized spacial score (nSPS) is 12.0. The minimum atomic E-state index is -3.42. The van der Waals surface area contributed by atoms with Crippen molar-refractivity contribution in [1.82, 2.24) is 9.62 Å². The molecule has 0 unspecified atom stereocenters. The third kappa shape index (κ3) is 5.36. The Hall–Kier alpha value is -0.430. The van der Waals surface area contributed by atoms with Gasteiger partial charge in [0.2, 0.25) is 10.0 Å². The lowest BCUT2D eigenvalue weighted by molar-refractivity contribution is 0.454. The Bertz CT molecular complexity index is 547. The molecular weight excluding hydrogens is 352 g/mol. The van der Waals surface area contributed by atoms with Gasteiger partial charge >= 0.3 is 0 Å². The molecule has 0 bridgehead atoms. The van der Waals surface area contributed by atoms with E-state index in [4.69, 9.17) is 0 Å². The number of unbranched alkanes of at least 4 members (excludes halogenated alkanes) is 2. The smallest absolute Gasteiger partial charge is 0.243 e. The molecule has 21 heavy (non-hydrogen) atoms. The van der Waals surface area contributed by atoms with E-state index in [0.29, 0.717) is 15.9 Å². The van der Waals surface area contributed by atoms with Crippen LogP contribution in [-0.2, 0) is 16.6 Å². The molecule has 6 heteroatoms. The van der Waals surface area contributed by atoms with Gasteiger partial charge in [-0.3, -0.25) is 0 Å². The van der Waals surface area contributed by atoms with Gasteiger partial charge in [-0.05, 0) is 46.6 Å². The molecule has 0 atom stereocenters. The minimum absolute atomic E-state index is 0.335. The van der Waals surface area contributed by atoms with Gasteiger partial charge in [0.15, 0.2) is 0 Å². The molecule has 0 aromatic heterocycles. The average Bonchev–Trinajstić information content (AvgIpc) is 2.45. The van der Waals surface area contributed by atoms with Crippen LogP contribution in [0.5, 0.6) is 0 Å². The molecular formula is C15H25BrN2O2S. The fourth-order valence-corrected chi connectivity index (χ4v) is 4.30. The first kappa shape index (κ1) is 18.6. The van der Waals surface area contributed by atoms with Crippen LogP contribution in [0.15, 0.2) is 27.6 Å². The van der Waals surface area contributed by atoms with E-state index in [1.54, 1.807) is 13.1 Å². The largest absolute Gasteiger partial charge is 0.313 e. The maximum atomic E-state index is 12.6. The molecule has 0 aliphatic heterocycles. The Morgan fingerprint density at radius 2 is 1.95 bits per heavy atom. The first-order chi connectivity index (χ1) is 9.93. The van der Waals surface area contributed by atoms with Crippen LogP contribution in [0.3, 0.4) is 0 Å².